The largest absolute Gasteiger partial charge is 0.368 e. The minimum Gasteiger partial charge on any atom is -0.368 e. The normalized spacial score (nSPS) is 10.4. The standard InChI is InChI=1S/C13H18N2O2S/c1-9(2)15(8-12(14)16)13(17)7-10-3-5-11(18)6-4-10/h3-6,9,18H,7-8H2,1-2H3,(H2,14,16). The van der Waals surface area contributed by atoms with Crippen LogP contribution in [0.1, 0.15) is 19.4 Å². The molecule has 1 aromatic rings. The van der Waals surface area contributed by atoms with Crippen molar-refractivity contribution in [1.29, 1.82) is 0 Å². The van der Waals surface area contributed by atoms with Crippen LogP contribution in [0.15, 0.2) is 29.2 Å². The third-order valence-corrected chi connectivity index (χ3v) is 2.86. The molecule has 0 atom stereocenters. The van der Waals surface area contributed by atoms with E-state index in [1.807, 2.05) is 38.1 Å². The highest BCUT2D eigenvalue weighted by Gasteiger charge is 2.18. The van der Waals surface area contributed by atoms with Crippen LogP contribution < -0.4 is 5.73 Å². The monoisotopic (exact) mass is 266 g/mol. The SMILES string of the molecule is CC(C)N(CC(N)=O)C(=O)Cc1ccc(S)cc1. The smallest absolute Gasteiger partial charge is 0.237 e. The number of thiol groups is 1. The van der Waals surface area contributed by atoms with Crippen LogP contribution in [0.2, 0.25) is 0 Å². The summed E-state index contributed by atoms with van der Waals surface area (Å²) in [6.07, 6.45) is 0.263. The van der Waals surface area contributed by atoms with E-state index in [-0.39, 0.29) is 24.9 Å². The lowest BCUT2D eigenvalue weighted by Crippen LogP contribution is -2.43. The number of hydrogen-bond acceptors (Lipinski definition) is 3. The quantitative estimate of drug-likeness (QED) is 0.788. The second kappa shape index (κ2) is 6.44. The van der Waals surface area contributed by atoms with Gasteiger partial charge in [-0.15, -0.1) is 12.6 Å². The number of nitrogens with two attached hydrogens (primary N) is 1. The van der Waals surface area contributed by atoms with Crippen molar-refractivity contribution in [3.05, 3.63) is 29.8 Å². The summed E-state index contributed by atoms with van der Waals surface area (Å²) >= 11 is 4.18. The first-order chi connectivity index (χ1) is 8.40. The summed E-state index contributed by atoms with van der Waals surface area (Å²) in [5.41, 5.74) is 6.04. The number of benzene rings is 1. The lowest BCUT2D eigenvalue weighted by atomic mass is 10.1. The van der Waals surface area contributed by atoms with Crippen molar-refractivity contribution >= 4 is 24.4 Å². The van der Waals surface area contributed by atoms with Crippen molar-refractivity contribution < 1.29 is 9.59 Å². The molecule has 0 aromatic heterocycles. The van der Waals surface area contributed by atoms with Gasteiger partial charge in [-0.25, -0.2) is 0 Å². The third kappa shape index (κ3) is 4.41. The summed E-state index contributed by atoms with van der Waals surface area (Å²) in [5, 5.41) is 0. The number of hydrogen-bond donors (Lipinski definition) is 2. The first-order valence-electron chi connectivity index (χ1n) is 5.76. The van der Waals surface area contributed by atoms with Gasteiger partial charge in [-0.1, -0.05) is 12.1 Å². The van der Waals surface area contributed by atoms with Gasteiger partial charge in [0.1, 0.15) is 0 Å². The molecule has 0 unspecified atom stereocenters. The van der Waals surface area contributed by atoms with Gasteiger partial charge in [-0.3, -0.25) is 9.59 Å². The Kier molecular flexibility index (Phi) is 5.22. The summed E-state index contributed by atoms with van der Waals surface area (Å²) in [6.45, 7) is 3.68. The Morgan fingerprint density at radius 2 is 1.83 bits per heavy atom. The second-order valence-electron chi connectivity index (χ2n) is 4.42. The maximum Gasteiger partial charge on any atom is 0.237 e. The molecule has 0 saturated heterocycles. The highest BCUT2D eigenvalue weighted by atomic mass is 32.1. The zero-order valence-corrected chi connectivity index (χ0v) is 11.5. The fraction of sp³-hybridized carbons (Fsp3) is 0.385. The molecule has 18 heavy (non-hydrogen) atoms. The lowest BCUT2D eigenvalue weighted by Gasteiger charge is -2.25. The molecule has 1 aromatic carbocycles. The van der Waals surface area contributed by atoms with Crippen molar-refractivity contribution in [2.24, 2.45) is 5.73 Å². The first-order valence-corrected chi connectivity index (χ1v) is 6.20. The van der Waals surface area contributed by atoms with Crippen LogP contribution in [0.4, 0.5) is 0 Å². The summed E-state index contributed by atoms with van der Waals surface area (Å²) in [4.78, 5) is 25.3. The van der Waals surface area contributed by atoms with E-state index in [1.165, 1.54) is 4.90 Å². The highest BCUT2D eigenvalue weighted by Crippen LogP contribution is 2.10. The number of nitrogens with zero attached hydrogens (tertiary/aromatic N) is 1. The van der Waals surface area contributed by atoms with Crippen molar-refractivity contribution in [1.82, 2.24) is 4.90 Å². The average Bonchev–Trinajstić information content (AvgIpc) is 2.28. The Morgan fingerprint density at radius 3 is 2.28 bits per heavy atom. The van der Waals surface area contributed by atoms with Crippen molar-refractivity contribution in [2.75, 3.05) is 6.54 Å². The summed E-state index contributed by atoms with van der Waals surface area (Å²) in [6, 6.07) is 7.32. The van der Waals surface area contributed by atoms with Gasteiger partial charge >= 0.3 is 0 Å². The first kappa shape index (κ1) is 14.6. The number of amides is 2. The predicted octanol–water partition coefficient (Wildman–Crippen LogP) is 1.24. The summed E-state index contributed by atoms with van der Waals surface area (Å²) in [5.74, 6) is -0.599. The van der Waals surface area contributed by atoms with Crippen LogP contribution in [0.3, 0.4) is 0 Å². The van der Waals surface area contributed by atoms with Crippen LogP contribution in [0.5, 0.6) is 0 Å². The van der Waals surface area contributed by atoms with E-state index in [0.717, 1.165) is 10.5 Å². The molecule has 0 aliphatic rings. The van der Waals surface area contributed by atoms with E-state index in [2.05, 4.69) is 12.6 Å². The molecule has 1 rings (SSSR count). The van der Waals surface area contributed by atoms with Gasteiger partial charge in [0.25, 0.3) is 0 Å². The van der Waals surface area contributed by atoms with Crippen LogP contribution in [-0.2, 0) is 16.0 Å². The third-order valence-electron chi connectivity index (χ3n) is 2.56. The molecule has 98 valence electrons. The van der Waals surface area contributed by atoms with Gasteiger partial charge in [-0.2, -0.15) is 0 Å². The molecular weight excluding hydrogens is 248 g/mol. The van der Waals surface area contributed by atoms with Gasteiger partial charge in [-0.05, 0) is 31.5 Å². The Hall–Kier alpha value is -1.49. The average molecular weight is 266 g/mol. The van der Waals surface area contributed by atoms with Crippen molar-refractivity contribution in [3.63, 3.8) is 0 Å². The predicted molar refractivity (Wildman–Crippen MR) is 73.4 cm³/mol. The Balaban J connectivity index is 2.72. The van der Waals surface area contributed by atoms with Gasteiger partial charge in [0.05, 0.1) is 13.0 Å². The fourth-order valence-corrected chi connectivity index (χ4v) is 1.77. The highest BCUT2D eigenvalue weighted by molar-refractivity contribution is 7.80. The van der Waals surface area contributed by atoms with Crippen LogP contribution >= 0.6 is 12.6 Å². The molecular formula is C13H18N2O2S. The number of carbonyl (C=O) groups is 2. The van der Waals surface area contributed by atoms with Crippen LogP contribution in [0, 0.1) is 0 Å². The molecule has 0 heterocycles. The van der Waals surface area contributed by atoms with E-state index >= 15 is 0 Å². The van der Waals surface area contributed by atoms with E-state index in [0.29, 0.717) is 0 Å². The molecule has 0 aliphatic heterocycles. The molecule has 0 spiro atoms. The zero-order chi connectivity index (χ0) is 13.7. The van der Waals surface area contributed by atoms with Crippen LogP contribution in [-0.4, -0.2) is 29.3 Å². The molecule has 0 radical (unpaired) electrons. The Bertz CT molecular complexity index is 429. The van der Waals surface area contributed by atoms with Crippen molar-refractivity contribution in [2.45, 2.75) is 31.2 Å². The molecule has 0 fully saturated rings. The topological polar surface area (TPSA) is 63.4 Å². The van der Waals surface area contributed by atoms with E-state index in [1.54, 1.807) is 0 Å². The molecule has 0 aliphatic carbocycles. The molecule has 2 amide bonds. The zero-order valence-electron chi connectivity index (χ0n) is 10.6. The van der Waals surface area contributed by atoms with Gasteiger partial charge in [0, 0.05) is 10.9 Å². The molecule has 0 bridgehead atoms. The lowest BCUT2D eigenvalue weighted by molar-refractivity contribution is -0.136. The van der Waals surface area contributed by atoms with E-state index in [9.17, 15) is 9.59 Å². The van der Waals surface area contributed by atoms with Crippen molar-refractivity contribution in [3.8, 4) is 0 Å². The second-order valence-corrected chi connectivity index (χ2v) is 4.94. The summed E-state index contributed by atoms with van der Waals surface area (Å²) in [7, 11) is 0. The Labute approximate surface area is 113 Å². The molecule has 4 nitrogen and oxygen atoms in total. The number of carbonyl (C=O) groups excluding carboxylic acids is 2. The fourth-order valence-electron chi connectivity index (χ4n) is 1.62. The Morgan fingerprint density at radius 1 is 1.28 bits per heavy atom. The van der Waals surface area contributed by atoms with Crippen LogP contribution in [0.25, 0.3) is 0 Å². The van der Waals surface area contributed by atoms with E-state index in [4.69, 9.17) is 5.73 Å². The van der Waals surface area contributed by atoms with Gasteiger partial charge in [0.15, 0.2) is 0 Å². The molecule has 2 N–H and O–H groups in total. The van der Waals surface area contributed by atoms with E-state index < -0.39 is 5.91 Å². The minimum atomic E-state index is -0.497. The number of primary amides is 1. The summed E-state index contributed by atoms with van der Waals surface area (Å²) < 4.78 is 0. The maximum atomic E-state index is 12.1. The number of rotatable bonds is 5. The minimum absolute atomic E-state index is 0.0405. The van der Waals surface area contributed by atoms with Gasteiger partial charge < -0.3 is 10.6 Å². The van der Waals surface area contributed by atoms with Gasteiger partial charge in [0.2, 0.25) is 11.8 Å². The maximum absolute atomic E-state index is 12.1. The molecule has 5 heteroatoms. The molecule has 0 saturated carbocycles.